The van der Waals surface area contributed by atoms with Gasteiger partial charge in [-0.2, -0.15) is 0 Å². The molecule has 9 nitrogen and oxygen atoms in total. The Labute approximate surface area is 193 Å². The summed E-state index contributed by atoms with van der Waals surface area (Å²) in [7, 11) is 0. The standard InChI is InChI=1S/C23H25N5O4.CH4/c24-13-20(23(31)28-32)27-22(30)17-7-3-15(4-8-17)1-2-16-5-9-19(10-6-16)26-21(29)14-25-18-11-12-18;/h3-10,18,20,25,32H,11-14,24H2,(H,26,29)(H,27,30)(H,28,31);1H4/t20-;/m0./s1. The number of anilines is 1. The van der Waals surface area contributed by atoms with Crippen molar-refractivity contribution in [1.82, 2.24) is 16.1 Å². The minimum absolute atomic E-state index is 0. The number of benzene rings is 2. The molecule has 2 aromatic rings. The molecule has 33 heavy (non-hydrogen) atoms. The third kappa shape index (κ3) is 8.05. The third-order valence-electron chi connectivity index (χ3n) is 4.76. The molecule has 3 rings (SSSR count). The van der Waals surface area contributed by atoms with Crippen molar-refractivity contribution in [1.29, 1.82) is 0 Å². The van der Waals surface area contributed by atoms with E-state index < -0.39 is 17.9 Å². The molecular weight excluding hydrogens is 422 g/mol. The number of carbonyl (C=O) groups excluding carboxylic acids is 3. The predicted molar refractivity (Wildman–Crippen MR) is 125 cm³/mol. The molecule has 1 atom stereocenters. The highest BCUT2D eigenvalue weighted by atomic mass is 16.5. The van der Waals surface area contributed by atoms with Gasteiger partial charge in [0.1, 0.15) is 6.04 Å². The second-order valence-electron chi connectivity index (χ2n) is 7.35. The highest BCUT2D eigenvalue weighted by molar-refractivity contribution is 5.97. The van der Waals surface area contributed by atoms with Crippen LogP contribution in [0.2, 0.25) is 0 Å². The van der Waals surface area contributed by atoms with Gasteiger partial charge in [0.05, 0.1) is 6.54 Å². The summed E-state index contributed by atoms with van der Waals surface area (Å²) < 4.78 is 0. The second kappa shape index (κ2) is 12.4. The van der Waals surface area contributed by atoms with Gasteiger partial charge < -0.3 is 21.7 Å². The van der Waals surface area contributed by atoms with E-state index >= 15 is 0 Å². The zero-order valence-corrected chi connectivity index (χ0v) is 17.4. The minimum atomic E-state index is -1.03. The molecule has 0 bridgehead atoms. The predicted octanol–water partition coefficient (Wildman–Crippen LogP) is 0.976. The molecule has 174 valence electrons. The van der Waals surface area contributed by atoms with Crippen LogP contribution in [0.4, 0.5) is 5.69 Å². The molecule has 7 N–H and O–H groups in total. The van der Waals surface area contributed by atoms with Crippen LogP contribution in [0.3, 0.4) is 0 Å². The molecule has 0 aromatic heterocycles. The van der Waals surface area contributed by atoms with Gasteiger partial charge in [-0.1, -0.05) is 19.3 Å². The molecule has 0 unspecified atom stereocenters. The van der Waals surface area contributed by atoms with Crippen molar-refractivity contribution >= 4 is 23.4 Å². The zero-order valence-electron chi connectivity index (χ0n) is 17.4. The zero-order chi connectivity index (χ0) is 22.9. The lowest BCUT2D eigenvalue weighted by atomic mass is 10.1. The average molecular weight is 452 g/mol. The normalized spacial score (nSPS) is 12.9. The van der Waals surface area contributed by atoms with Crippen molar-refractivity contribution in [2.24, 2.45) is 5.73 Å². The molecule has 0 saturated heterocycles. The third-order valence-corrected chi connectivity index (χ3v) is 4.76. The van der Waals surface area contributed by atoms with E-state index in [4.69, 9.17) is 10.9 Å². The fourth-order valence-electron chi connectivity index (χ4n) is 2.77. The first-order chi connectivity index (χ1) is 15.5. The minimum Gasteiger partial charge on any atom is -0.339 e. The highest BCUT2D eigenvalue weighted by Crippen LogP contribution is 2.18. The van der Waals surface area contributed by atoms with Crippen molar-refractivity contribution in [3.8, 4) is 11.8 Å². The molecule has 2 aromatic carbocycles. The summed E-state index contributed by atoms with van der Waals surface area (Å²) in [6, 6.07) is 13.2. The molecule has 0 radical (unpaired) electrons. The number of carbonyl (C=O) groups is 3. The van der Waals surface area contributed by atoms with Crippen LogP contribution >= 0.6 is 0 Å². The first-order valence-electron chi connectivity index (χ1n) is 10.2. The highest BCUT2D eigenvalue weighted by Gasteiger charge is 2.21. The monoisotopic (exact) mass is 451 g/mol. The molecule has 9 heteroatoms. The molecule has 1 fully saturated rings. The van der Waals surface area contributed by atoms with Gasteiger partial charge in [-0.15, -0.1) is 0 Å². The maximum Gasteiger partial charge on any atom is 0.267 e. The SMILES string of the molecule is C.NC[C@H](NC(=O)c1ccc(C#Cc2ccc(NC(=O)CNC3CC3)cc2)cc1)C(=O)NO. The van der Waals surface area contributed by atoms with Crippen LogP contribution in [0, 0.1) is 11.8 Å². The van der Waals surface area contributed by atoms with Crippen molar-refractivity contribution in [3.63, 3.8) is 0 Å². The summed E-state index contributed by atoms with van der Waals surface area (Å²) in [5.74, 6) is 4.69. The van der Waals surface area contributed by atoms with Crippen LogP contribution in [0.25, 0.3) is 0 Å². The number of hydrogen-bond acceptors (Lipinski definition) is 6. The topological polar surface area (TPSA) is 146 Å². The van der Waals surface area contributed by atoms with E-state index in [0.717, 1.165) is 18.4 Å². The molecule has 0 heterocycles. The van der Waals surface area contributed by atoms with E-state index in [1.165, 1.54) is 5.48 Å². The number of rotatable bonds is 8. The summed E-state index contributed by atoms with van der Waals surface area (Å²) in [6.07, 6.45) is 2.27. The van der Waals surface area contributed by atoms with Gasteiger partial charge >= 0.3 is 0 Å². The van der Waals surface area contributed by atoms with Gasteiger partial charge in [0.15, 0.2) is 0 Å². The largest absolute Gasteiger partial charge is 0.339 e. The number of hydroxylamine groups is 1. The average Bonchev–Trinajstić information content (AvgIpc) is 3.65. The molecule has 1 aliphatic carbocycles. The first-order valence-corrected chi connectivity index (χ1v) is 10.2. The van der Waals surface area contributed by atoms with Crippen molar-refractivity contribution in [3.05, 3.63) is 65.2 Å². The fourth-order valence-corrected chi connectivity index (χ4v) is 2.77. The van der Waals surface area contributed by atoms with E-state index in [-0.39, 0.29) is 19.9 Å². The lowest BCUT2D eigenvalue weighted by Crippen LogP contribution is -2.50. The van der Waals surface area contributed by atoms with E-state index in [9.17, 15) is 14.4 Å². The molecule has 0 aliphatic heterocycles. The van der Waals surface area contributed by atoms with Gasteiger partial charge in [0.2, 0.25) is 5.91 Å². The Morgan fingerprint density at radius 1 is 1.00 bits per heavy atom. The summed E-state index contributed by atoms with van der Waals surface area (Å²) in [4.78, 5) is 35.5. The molecule has 1 aliphatic rings. The summed E-state index contributed by atoms with van der Waals surface area (Å²) in [5, 5.41) is 17.1. The van der Waals surface area contributed by atoms with Crippen LogP contribution in [0.1, 0.15) is 41.8 Å². The lowest BCUT2D eigenvalue weighted by Gasteiger charge is -2.14. The van der Waals surface area contributed by atoms with Gasteiger partial charge in [-0.05, 0) is 61.4 Å². The Bertz CT molecular complexity index is 1020. The van der Waals surface area contributed by atoms with Crippen molar-refractivity contribution < 1.29 is 19.6 Å². The number of amides is 3. The Morgan fingerprint density at radius 3 is 2.09 bits per heavy atom. The number of nitrogens with two attached hydrogens (primary N) is 1. The van der Waals surface area contributed by atoms with Gasteiger partial charge in [-0.3, -0.25) is 19.6 Å². The fraction of sp³-hybridized carbons (Fsp3) is 0.292. The first kappa shape index (κ1) is 25.5. The van der Waals surface area contributed by atoms with E-state index in [1.807, 2.05) is 12.1 Å². The maximum atomic E-state index is 12.2. The Kier molecular flexibility index (Phi) is 9.57. The van der Waals surface area contributed by atoms with Crippen LogP contribution in [-0.4, -0.2) is 48.1 Å². The lowest BCUT2D eigenvalue weighted by molar-refractivity contribution is -0.130. The molecule has 0 spiro atoms. The van der Waals surface area contributed by atoms with Crippen LogP contribution in [0.5, 0.6) is 0 Å². The quantitative estimate of drug-likeness (QED) is 0.200. The molecule has 3 amide bonds. The van der Waals surface area contributed by atoms with E-state index in [0.29, 0.717) is 29.4 Å². The van der Waals surface area contributed by atoms with Crippen LogP contribution in [0.15, 0.2) is 48.5 Å². The van der Waals surface area contributed by atoms with Crippen LogP contribution < -0.4 is 27.2 Å². The smallest absolute Gasteiger partial charge is 0.267 e. The second-order valence-corrected chi connectivity index (χ2v) is 7.35. The number of nitrogens with one attached hydrogen (secondary N) is 4. The maximum absolute atomic E-state index is 12.2. The Hall–Kier alpha value is -3.71. The van der Waals surface area contributed by atoms with E-state index in [1.54, 1.807) is 36.4 Å². The summed E-state index contributed by atoms with van der Waals surface area (Å²) in [6.45, 7) is 0.156. The summed E-state index contributed by atoms with van der Waals surface area (Å²) >= 11 is 0. The van der Waals surface area contributed by atoms with Crippen molar-refractivity contribution in [2.45, 2.75) is 32.4 Å². The Morgan fingerprint density at radius 2 is 1.58 bits per heavy atom. The van der Waals surface area contributed by atoms with Gasteiger partial charge in [0.25, 0.3) is 11.8 Å². The van der Waals surface area contributed by atoms with Crippen LogP contribution in [-0.2, 0) is 9.59 Å². The van der Waals surface area contributed by atoms with Crippen molar-refractivity contribution in [2.75, 3.05) is 18.4 Å². The summed E-state index contributed by atoms with van der Waals surface area (Å²) in [5.41, 5.74) is 9.41. The van der Waals surface area contributed by atoms with Gasteiger partial charge in [0, 0.05) is 35.0 Å². The van der Waals surface area contributed by atoms with E-state index in [2.05, 4.69) is 27.8 Å². The molecular formula is C24H29N5O4. The molecule has 1 saturated carbocycles. The number of hydrogen-bond donors (Lipinski definition) is 6. The Balaban J connectivity index is 0.00000385. The van der Waals surface area contributed by atoms with Gasteiger partial charge in [-0.25, -0.2) is 5.48 Å².